The van der Waals surface area contributed by atoms with Gasteiger partial charge in [-0.05, 0) is 36.4 Å². The zero-order chi connectivity index (χ0) is 15.6. The summed E-state index contributed by atoms with van der Waals surface area (Å²) in [4.78, 5) is 4.85. The molecule has 0 fully saturated rings. The van der Waals surface area contributed by atoms with Crippen LogP contribution in [0.5, 0.6) is 5.75 Å². The van der Waals surface area contributed by atoms with Crippen molar-refractivity contribution in [3.63, 3.8) is 0 Å². The summed E-state index contributed by atoms with van der Waals surface area (Å²) in [5.74, 6) is 1.43. The van der Waals surface area contributed by atoms with Gasteiger partial charge in [0.2, 0.25) is 4.96 Å². The van der Waals surface area contributed by atoms with E-state index in [1.54, 1.807) is 16.9 Å². The first-order valence-corrected chi connectivity index (χ1v) is 8.40. The predicted molar refractivity (Wildman–Crippen MR) is 90.4 cm³/mol. The van der Waals surface area contributed by atoms with E-state index in [9.17, 15) is 0 Å². The number of ether oxygens (including phenoxy) is 1. The summed E-state index contributed by atoms with van der Waals surface area (Å²) in [5, 5.41) is 13.7. The number of hydrogen-bond donors (Lipinski definition) is 0. The third kappa shape index (κ3) is 2.95. The van der Waals surface area contributed by atoms with E-state index in [1.807, 2.05) is 36.4 Å². The molecule has 0 amide bonds. The lowest BCUT2D eigenvalue weighted by molar-refractivity contribution is 0.293. The Morgan fingerprint density at radius 1 is 1.13 bits per heavy atom. The van der Waals surface area contributed by atoms with Crippen molar-refractivity contribution in [2.24, 2.45) is 0 Å². The monoisotopic (exact) mass is 387 g/mol. The number of fused-ring (bicyclic) bond motifs is 1. The zero-order valence-corrected chi connectivity index (χ0v) is 14.2. The molecular weight excluding hydrogens is 378 g/mol. The van der Waals surface area contributed by atoms with Crippen molar-refractivity contribution in [2.75, 3.05) is 0 Å². The summed E-state index contributed by atoms with van der Waals surface area (Å²) in [6.45, 7) is 0.305. The Balaban J connectivity index is 1.58. The molecule has 4 rings (SSSR count). The highest BCUT2D eigenvalue weighted by Crippen LogP contribution is 2.25. The average molecular weight is 388 g/mol. The smallest absolute Gasteiger partial charge is 0.235 e. The van der Waals surface area contributed by atoms with Gasteiger partial charge in [-0.1, -0.05) is 27.3 Å². The summed E-state index contributed by atoms with van der Waals surface area (Å²) in [6, 6.07) is 11.5. The standard InChI is InChI=1S/C15H10BrN5OS/c16-11-3-5-12(6-4-11)22-9-13-18-19-15-21(13)20-14(23-15)10-2-1-7-17-8-10/h1-8H,9H2. The van der Waals surface area contributed by atoms with E-state index in [4.69, 9.17) is 4.74 Å². The van der Waals surface area contributed by atoms with Gasteiger partial charge in [-0.2, -0.15) is 9.61 Å². The summed E-state index contributed by atoms with van der Waals surface area (Å²) in [7, 11) is 0. The molecule has 8 heteroatoms. The van der Waals surface area contributed by atoms with Crippen LogP contribution in [0.2, 0.25) is 0 Å². The normalized spacial score (nSPS) is 11.0. The van der Waals surface area contributed by atoms with Crippen LogP contribution in [0.3, 0.4) is 0 Å². The van der Waals surface area contributed by atoms with Crippen molar-refractivity contribution in [1.29, 1.82) is 0 Å². The SMILES string of the molecule is Brc1ccc(OCc2nnc3sc(-c4cccnc4)nn23)cc1. The first kappa shape index (κ1) is 14.3. The summed E-state index contributed by atoms with van der Waals surface area (Å²) < 4.78 is 8.46. The molecule has 3 aromatic heterocycles. The highest BCUT2D eigenvalue weighted by molar-refractivity contribution is 9.10. The summed E-state index contributed by atoms with van der Waals surface area (Å²) in [6.07, 6.45) is 3.52. The highest BCUT2D eigenvalue weighted by Gasteiger charge is 2.13. The quantitative estimate of drug-likeness (QED) is 0.535. The van der Waals surface area contributed by atoms with Crippen molar-refractivity contribution < 1.29 is 4.74 Å². The number of halogens is 1. The molecule has 0 unspecified atom stereocenters. The second-order valence-corrected chi connectivity index (χ2v) is 6.57. The summed E-state index contributed by atoms with van der Waals surface area (Å²) >= 11 is 4.87. The molecule has 23 heavy (non-hydrogen) atoms. The lowest BCUT2D eigenvalue weighted by Crippen LogP contribution is -2.02. The molecule has 3 heterocycles. The van der Waals surface area contributed by atoms with Gasteiger partial charge in [0.25, 0.3) is 0 Å². The molecule has 0 radical (unpaired) electrons. The van der Waals surface area contributed by atoms with E-state index < -0.39 is 0 Å². The number of benzene rings is 1. The fourth-order valence-corrected chi connectivity index (χ4v) is 3.14. The fraction of sp³-hybridized carbons (Fsp3) is 0.0667. The second-order valence-electron chi connectivity index (χ2n) is 4.70. The van der Waals surface area contributed by atoms with Crippen LogP contribution in [0.1, 0.15) is 5.82 Å². The van der Waals surface area contributed by atoms with E-state index in [2.05, 4.69) is 36.2 Å². The molecule has 114 valence electrons. The fourth-order valence-electron chi connectivity index (χ4n) is 2.03. The van der Waals surface area contributed by atoms with Crippen molar-refractivity contribution in [1.82, 2.24) is 24.8 Å². The molecule has 0 aliphatic heterocycles. The molecule has 0 atom stereocenters. The predicted octanol–water partition coefficient (Wildman–Crippen LogP) is 3.59. The van der Waals surface area contributed by atoms with Crippen LogP contribution in [0.15, 0.2) is 53.3 Å². The van der Waals surface area contributed by atoms with Crippen molar-refractivity contribution >= 4 is 32.2 Å². The maximum absolute atomic E-state index is 5.74. The van der Waals surface area contributed by atoms with E-state index in [1.165, 1.54) is 11.3 Å². The van der Waals surface area contributed by atoms with E-state index in [-0.39, 0.29) is 0 Å². The number of pyridine rings is 1. The summed E-state index contributed by atoms with van der Waals surface area (Å²) in [5.41, 5.74) is 0.961. The first-order valence-electron chi connectivity index (χ1n) is 6.79. The molecule has 0 N–H and O–H groups in total. The molecular formula is C15H10BrN5OS. The van der Waals surface area contributed by atoms with Gasteiger partial charge in [0.05, 0.1) is 0 Å². The molecule has 0 spiro atoms. The maximum atomic E-state index is 5.74. The number of aromatic nitrogens is 5. The third-order valence-corrected chi connectivity index (χ3v) is 4.62. The molecule has 0 bridgehead atoms. The molecule has 0 saturated heterocycles. The zero-order valence-electron chi connectivity index (χ0n) is 11.8. The van der Waals surface area contributed by atoms with E-state index in [0.717, 1.165) is 25.8 Å². The number of rotatable bonds is 4. The lowest BCUT2D eigenvalue weighted by Gasteiger charge is -2.03. The highest BCUT2D eigenvalue weighted by atomic mass is 79.9. The molecule has 0 aliphatic rings. The second kappa shape index (κ2) is 6.05. The molecule has 1 aromatic carbocycles. The van der Waals surface area contributed by atoms with Crippen LogP contribution in [0.4, 0.5) is 0 Å². The van der Waals surface area contributed by atoms with Gasteiger partial charge in [-0.15, -0.1) is 10.2 Å². The minimum Gasteiger partial charge on any atom is -0.486 e. The van der Waals surface area contributed by atoms with Crippen LogP contribution in [0, 0.1) is 0 Å². The van der Waals surface area contributed by atoms with Crippen LogP contribution in [-0.2, 0) is 6.61 Å². The Morgan fingerprint density at radius 3 is 2.78 bits per heavy atom. The number of nitrogens with zero attached hydrogens (tertiary/aromatic N) is 5. The number of hydrogen-bond acceptors (Lipinski definition) is 6. The Hall–Kier alpha value is -2.32. The largest absolute Gasteiger partial charge is 0.486 e. The van der Waals surface area contributed by atoms with E-state index in [0.29, 0.717) is 12.4 Å². The van der Waals surface area contributed by atoms with E-state index >= 15 is 0 Å². The minimum atomic E-state index is 0.305. The lowest BCUT2D eigenvalue weighted by atomic mass is 10.3. The van der Waals surface area contributed by atoms with Gasteiger partial charge in [0.15, 0.2) is 5.82 Å². The molecule has 4 aromatic rings. The molecule has 0 aliphatic carbocycles. The van der Waals surface area contributed by atoms with Gasteiger partial charge < -0.3 is 4.74 Å². The van der Waals surface area contributed by atoms with Crippen LogP contribution < -0.4 is 4.74 Å². The Bertz CT molecular complexity index is 936. The molecule has 6 nitrogen and oxygen atoms in total. The topological polar surface area (TPSA) is 65.2 Å². The third-order valence-electron chi connectivity index (χ3n) is 3.15. The van der Waals surface area contributed by atoms with Crippen LogP contribution in [-0.4, -0.2) is 24.8 Å². The van der Waals surface area contributed by atoms with Crippen molar-refractivity contribution in [3.05, 3.63) is 59.1 Å². The maximum Gasteiger partial charge on any atom is 0.235 e. The Kier molecular flexibility index (Phi) is 3.76. The van der Waals surface area contributed by atoms with Gasteiger partial charge in [0, 0.05) is 22.4 Å². The van der Waals surface area contributed by atoms with Crippen LogP contribution >= 0.6 is 27.3 Å². The van der Waals surface area contributed by atoms with Gasteiger partial charge in [0.1, 0.15) is 17.4 Å². The first-order chi connectivity index (χ1) is 11.3. The van der Waals surface area contributed by atoms with Gasteiger partial charge in [-0.25, -0.2) is 0 Å². The van der Waals surface area contributed by atoms with Gasteiger partial charge >= 0.3 is 0 Å². The van der Waals surface area contributed by atoms with Crippen molar-refractivity contribution in [3.8, 4) is 16.3 Å². The Morgan fingerprint density at radius 2 is 2.00 bits per heavy atom. The molecule has 0 saturated carbocycles. The van der Waals surface area contributed by atoms with Crippen LogP contribution in [0.25, 0.3) is 15.5 Å². The minimum absolute atomic E-state index is 0.305. The average Bonchev–Trinajstić information content (AvgIpc) is 3.16. The Labute approximate surface area is 143 Å². The van der Waals surface area contributed by atoms with Gasteiger partial charge in [-0.3, -0.25) is 4.98 Å². The van der Waals surface area contributed by atoms with Crippen molar-refractivity contribution in [2.45, 2.75) is 6.61 Å².